The molecule has 1 heterocycles. The highest BCUT2D eigenvalue weighted by Crippen LogP contribution is 2.40. The first-order chi connectivity index (χ1) is 9.22. The molecule has 1 N–H and O–H groups in total. The standard InChI is InChI=1S/C14H11BrFNO2/c15-12-4-9(5-13-14(12)19-8-18-13)7-17-11-3-1-2-10(16)6-11/h1-6,17H,7-8H2. The molecule has 3 nitrogen and oxygen atoms in total. The van der Waals surface area contributed by atoms with Gasteiger partial charge in [-0.25, -0.2) is 4.39 Å². The molecule has 2 aromatic rings. The number of benzene rings is 2. The Morgan fingerprint density at radius 2 is 2.11 bits per heavy atom. The maximum Gasteiger partial charge on any atom is 0.231 e. The van der Waals surface area contributed by atoms with E-state index in [2.05, 4.69) is 21.2 Å². The number of rotatable bonds is 3. The van der Waals surface area contributed by atoms with Crippen molar-refractivity contribution < 1.29 is 13.9 Å². The maximum absolute atomic E-state index is 13.1. The van der Waals surface area contributed by atoms with Gasteiger partial charge in [-0.2, -0.15) is 0 Å². The molecule has 0 saturated heterocycles. The van der Waals surface area contributed by atoms with Crippen molar-refractivity contribution in [2.24, 2.45) is 0 Å². The van der Waals surface area contributed by atoms with E-state index in [1.807, 2.05) is 18.2 Å². The second-order valence-electron chi connectivity index (χ2n) is 4.18. The van der Waals surface area contributed by atoms with Crippen molar-refractivity contribution in [1.82, 2.24) is 0 Å². The molecular formula is C14H11BrFNO2. The summed E-state index contributed by atoms with van der Waals surface area (Å²) in [5, 5.41) is 3.16. The van der Waals surface area contributed by atoms with Crippen LogP contribution < -0.4 is 14.8 Å². The van der Waals surface area contributed by atoms with E-state index in [-0.39, 0.29) is 12.6 Å². The van der Waals surface area contributed by atoms with Crippen LogP contribution >= 0.6 is 15.9 Å². The summed E-state index contributed by atoms with van der Waals surface area (Å²) in [5.74, 6) is 1.21. The van der Waals surface area contributed by atoms with Crippen molar-refractivity contribution in [3.63, 3.8) is 0 Å². The van der Waals surface area contributed by atoms with Gasteiger partial charge in [0.25, 0.3) is 0 Å². The lowest BCUT2D eigenvalue weighted by Crippen LogP contribution is -1.99. The van der Waals surface area contributed by atoms with Gasteiger partial charge in [0.1, 0.15) is 5.82 Å². The Labute approximate surface area is 118 Å². The van der Waals surface area contributed by atoms with E-state index in [0.717, 1.165) is 27.2 Å². The maximum atomic E-state index is 13.1. The third-order valence-corrected chi connectivity index (χ3v) is 3.40. The molecule has 0 aliphatic carbocycles. The van der Waals surface area contributed by atoms with E-state index in [4.69, 9.17) is 9.47 Å². The van der Waals surface area contributed by atoms with Crippen LogP contribution in [0.15, 0.2) is 40.9 Å². The quantitative estimate of drug-likeness (QED) is 0.928. The molecule has 0 aromatic heterocycles. The van der Waals surface area contributed by atoms with Crippen LogP contribution in [-0.2, 0) is 6.54 Å². The van der Waals surface area contributed by atoms with E-state index < -0.39 is 0 Å². The van der Waals surface area contributed by atoms with E-state index in [9.17, 15) is 4.39 Å². The first-order valence-corrected chi connectivity index (χ1v) is 6.59. The van der Waals surface area contributed by atoms with Crippen LogP contribution in [0.1, 0.15) is 5.56 Å². The van der Waals surface area contributed by atoms with Gasteiger partial charge < -0.3 is 14.8 Å². The molecule has 0 saturated carbocycles. The van der Waals surface area contributed by atoms with Crippen LogP contribution in [0.4, 0.5) is 10.1 Å². The highest BCUT2D eigenvalue weighted by Gasteiger charge is 2.17. The van der Waals surface area contributed by atoms with Crippen LogP contribution in [0.3, 0.4) is 0 Å². The van der Waals surface area contributed by atoms with Crippen molar-refractivity contribution >= 4 is 21.6 Å². The molecule has 5 heteroatoms. The van der Waals surface area contributed by atoms with Crippen LogP contribution in [0.25, 0.3) is 0 Å². The summed E-state index contributed by atoms with van der Waals surface area (Å²) in [6.07, 6.45) is 0. The summed E-state index contributed by atoms with van der Waals surface area (Å²) in [6.45, 7) is 0.827. The van der Waals surface area contributed by atoms with Gasteiger partial charge in [0, 0.05) is 12.2 Å². The van der Waals surface area contributed by atoms with Crippen molar-refractivity contribution in [2.45, 2.75) is 6.54 Å². The third-order valence-electron chi connectivity index (χ3n) is 2.81. The predicted molar refractivity (Wildman–Crippen MR) is 74.0 cm³/mol. The van der Waals surface area contributed by atoms with Gasteiger partial charge in [-0.05, 0) is 51.8 Å². The monoisotopic (exact) mass is 323 g/mol. The lowest BCUT2D eigenvalue weighted by atomic mass is 10.2. The minimum absolute atomic E-state index is 0.245. The Morgan fingerprint density at radius 1 is 1.21 bits per heavy atom. The van der Waals surface area contributed by atoms with E-state index in [1.54, 1.807) is 6.07 Å². The van der Waals surface area contributed by atoms with Crippen molar-refractivity contribution in [3.05, 3.63) is 52.3 Å². The Bertz CT molecular complexity index is 618. The predicted octanol–water partition coefficient (Wildman–Crippen LogP) is 3.93. The Morgan fingerprint density at radius 3 is 2.95 bits per heavy atom. The van der Waals surface area contributed by atoms with E-state index >= 15 is 0 Å². The normalized spacial score (nSPS) is 12.5. The lowest BCUT2D eigenvalue weighted by molar-refractivity contribution is 0.173. The summed E-state index contributed by atoms with van der Waals surface area (Å²) in [7, 11) is 0. The van der Waals surface area contributed by atoms with Gasteiger partial charge in [-0.15, -0.1) is 0 Å². The average molecular weight is 324 g/mol. The molecule has 0 unspecified atom stereocenters. The van der Waals surface area contributed by atoms with Gasteiger partial charge in [-0.3, -0.25) is 0 Å². The Hall–Kier alpha value is -1.75. The Kier molecular flexibility index (Phi) is 3.29. The second-order valence-corrected chi connectivity index (χ2v) is 5.03. The SMILES string of the molecule is Fc1cccc(NCc2cc(Br)c3c(c2)OCO3)c1. The van der Waals surface area contributed by atoms with Gasteiger partial charge in [0.2, 0.25) is 6.79 Å². The number of hydrogen-bond acceptors (Lipinski definition) is 3. The van der Waals surface area contributed by atoms with Crippen molar-refractivity contribution in [1.29, 1.82) is 0 Å². The number of halogens is 2. The number of fused-ring (bicyclic) bond motifs is 1. The van der Waals surface area contributed by atoms with Gasteiger partial charge in [0.15, 0.2) is 11.5 Å². The molecule has 0 atom stereocenters. The fourth-order valence-electron chi connectivity index (χ4n) is 1.93. The zero-order chi connectivity index (χ0) is 13.2. The van der Waals surface area contributed by atoms with E-state index in [1.165, 1.54) is 12.1 Å². The van der Waals surface area contributed by atoms with Crippen molar-refractivity contribution in [3.8, 4) is 11.5 Å². The molecule has 0 spiro atoms. The summed E-state index contributed by atoms with van der Waals surface area (Å²) in [5.41, 5.74) is 1.77. The molecular weight excluding hydrogens is 313 g/mol. The topological polar surface area (TPSA) is 30.5 Å². The molecule has 0 bridgehead atoms. The summed E-state index contributed by atoms with van der Waals surface area (Å²) in [6, 6.07) is 10.3. The molecule has 3 rings (SSSR count). The molecule has 98 valence electrons. The fourth-order valence-corrected chi connectivity index (χ4v) is 2.53. The number of anilines is 1. The van der Waals surface area contributed by atoms with Gasteiger partial charge >= 0.3 is 0 Å². The molecule has 1 aliphatic rings. The summed E-state index contributed by atoms with van der Waals surface area (Å²) in [4.78, 5) is 0. The molecule has 0 fully saturated rings. The van der Waals surface area contributed by atoms with Crippen LogP contribution in [0.5, 0.6) is 11.5 Å². The largest absolute Gasteiger partial charge is 0.454 e. The molecule has 0 radical (unpaired) electrons. The highest BCUT2D eigenvalue weighted by molar-refractivity contribution is 9.10. The molecule has 1 aliphatic heterocycles. The first kappa shape index (κ1) is 12.3. The number of ether oxygens (including phenoxy) is 2. The highest BCUT2D eigenvalue weighted by atomic mass is 79.9. The zero-order valence-corrected chi connectivity index (χ0v) is 11.5. The fraction of sp³-hybridized carbons (Fsp3) is 0.143. The second kappa shape index (κ2) is 5.09. The zero-order valence-electron chi connectivity index (χ0n) is 9.95. The molecule has 0 amide bonds. The third kappa shape index (κ3) is 2.66. The van der Waals surface area contributed by atoms with Gasteiger partial charge in [-0.1, -0.05) is 6.07 Å². The molecule has 2 aromatic carbocycles. The molecule has 19 heavy (non-hydrogen) atoms. The van der Waals surface area contributed by atoms with Gasteiger partial charge in [0.05, 0.1) is 4.47 Å². The van der Waals surface area contributed by atoms with Crippen LogP contribution in [0.2, 0.25) is 0 Å². The Balaban J connectivity index is 1.76. The summed E-state index contributed by atoms with van der Waals surface area (Å²) < 4.78 is 24.6. The average Bonchev–Trinajstić information content (AvgIpc) is 2.85. The minimum Gasteiger partial charge on any atom is -0.454 e. The van der Waals surface area contributed by atoms with Crippen LogP contribution in [-0.4, -0.2) is 6.79 Å². The minimum atomic E-state index is -0.253. The number of hydrogen-bond donors (Lipinski definition) is 1. The summed E-state index contributed by atoms with van der Waals surface area (Å²) >= 11 is 3.44. The lowest BCUT2D eigenvalue weighted by Gasteiger charge is -2.08. The number of nitrogens with one attached hydrogen (secondary N) is 1. The smallest absolute Gasteiger partial charge is 0.231 e. The van der Waals surface area contributed by atoms with Crippen molar-refractivity contribution in [2.75, 3.05) is 12.1 Å². The van der Waals surface area contributed by atoms with E-state index in [0.29, 0.717) is 6.54 Å². The van der Waals surface area contributed by atoms with Crippen LogP contribution in [0, 0.1) is 5.82 Å². The first-order valence-electron chi connectivity index (χ1n) is 5.80.